The zero-order chi connectivity index (χ0) is 19.4. The molecule has 0 unspecified atom stereocenters. The maximum absolute atomic E-state index is 12.6. The second kappa shape index (κ2) is 8.74. The summed E-state index contributed by atoms with van der Waals surface area (Å²) in [6, 6.07) is 9.61. The lowest BCUT2D eigenvalue weighted by Crippen LogP contribution is -2.56. The fourth-order valence-electron chi connectivity index (χ4n) is 4.48. The number of amides is 1. The van der Waals surface area contributed by atoms with Crippen LogP contribution in [0, 0.1) is 17.8 Å². The van der Waals surface area contributed by atoms with Gasteiger partial charge in [-0.25, -0.2) is 4.79 Å². The van der Waals surface area contributed by atoms with Gasteiger partial charge in [-0.05, 0) is 30.2 Å². The van der Waals surface area contributed by atoms with E-state index in [2.05, 4.69) is 18.7 Å². The molecule has 6 nitrogen and oxygen atoms in total. The van der Waals surface area contributed by atoms with Crippen molar-refractivity contribution >= 4 is 12.1 Å². The van der Waals surface area contributed by atoms with E-state index in [0.29, 0.717) is 24.8 Å². The minimum atomic E-state index is -0.835. The molecular weight excluding hydrogens is 344 g/mol. The zero-order valence-electron chi connectivity index (χ0n) is 16.2. The molecule has 1 aromatic carbocycles. The summed E-state index contributed by atoms with van der Waals surface area (Å²) in [4.78, 5) is 28.2. The summed E-state index contributed by atoms with van der Waals surface area (Å²) in [7, 11) is 0. The quantitative estimate of drug-likeness (QED) is 0.877. The molecular formula is C21H30N2O4. The van der Waals surface area contributed by atoms with Crippen molar-refractivity contribution in [3.63, 3.8) is 0 Å². The Morgan fingerprint density at radius 1 is 1.04 bits per heavy atom. The molecule has 0 aromatic heterocycles. The highest BCUT2D eigenvalue weighted by molar-refractivity contribution is 5.73. The van der Waals surface area contributed by atoms with Crippen LogP contribution < -0.4 is 0 Å². The monoisotopic (exact) mass is 374 g/mol. The Bertz CT molecular complexity index is 641. The molecule has 2 saturated heterocycles. The molecule has 27 heavy (non-hydrogen) atoms. The van der Waals surface area contributed by atoms with Gasteiger partial charge >= 0.3 is 12.1 Å². The fourth-order valence-corrected chi connectivity index (χ4v) is 4.48. The predicted octanol–water partition coefficient (Wildman–Crippen LogP) is 3.08. The standard InChI is InChI=1S/C21H30N2O4/c1-15-8-16(2)11-22(10-15)19-9-18(20(24)25)12-23(13-19)21(26)27-14-17-6-4-3-5-7-17/h3-7,15-16,18-19H,8-14H2,1-2H3,(H,24,25)/t15-,16+,18-,19+/m0/s1. The number of piperidine rings is 2. The van der Waals surface area contributed by atoms with Crippen molar-refractivity contribution in [1.29, 1.82) is 0 Å². The smallest absolute Gasteiger partial charge is 0.410 e. The number of nitrogens with zero attached hydrogens (tertiary/aromatic N) is 2. The van der Waals surface area contributed by atoms with E-state index < -0.39 is 18.0 Å². The van der Waals surface area contributed by atoms with Gasteiger partial charge in [-0.1, -0.05) is 44.2 Å². The van der Waals surface area contributed by atoms with Gasteiger partial charge in [0, 0.05) is 32.2 Å². The van der Waals surface area contributed by atoms with E-state index >= 15 is 0 Å². The van der Waals surface area contributed by atoms with Gasteiger partial charge in [0.2, 0.25) is 0 Å². The molecule has 1 aromatic rings. The number of carbonyl (C=O) groups is 2. The molecule has 2 aliphatic heterocycles. The summed E-state index contributed by atoms with van der Waals surface area (Å²) in [6.45, 7) is 7.38. The Morgan fingerprint density at radius 3 is 2.33 bits per heavy atom. The molecule has 2 aliphatic rings. The molecule has 2 heterocycles. The van der Waals surface area contributed by atoms with Gasteiger partial charge < -0.3 is 14.7 Å². The average Bonchev–Trinajstić information content (AvgIpc) is 2.65. The van der Waals surface area contributed by atoms with Crippen molar-refractivity contribution in [2.75, 3.05) is 26.2 Å². The van der Waals surface area contributed by atoms with E-state index in [0.717, 1.165) is 18.7 Å². The Morgan fingerprint density at radius 2 is 1.70 bits per heavy atom. The van der Waals surface area contributed by atoms with Crippen LogP contribution in [0.1, 0.15) is 32.3 Å². The van der Waals surface area contributed by atoms with Crippen LogP contribution in [0.2, 0.25) is 0 Å². The van der Waals surface area contributed by atoms with Crippen LogP contribution in [0.4, 0.5) is 4.79 Å². The highest BCUT2D eigenvalue weighted by atomic mass is 16.6. The van der Waals surface area contributed by atoms with Crippen LogP contribution in [-0.2, 0) is 16.1 Å². The van der Waals surface area contributed by atoms with Crippen LogP contribution in [0.3, 0.4) is 0 Å². The third-order valence-corrected chi connectivity index (χ3v) is 5.65. The summed E-state index contributed by atoms with van der Waals surface area (Å²) in [6.07, 6.45) is 1.37. The minimum absolute atomic E-state index is 0.0781. The highest BCUT2D eigenvalue weighted by Gasteiger charge is 2.38. The molecule has 148 valence electrons. The number of likely N-dealkylation sites (tertiary alicyclic amines) is 2. The Hall–Kier alpha value is -2.08. The number of hydrogen-bond acceptors (Lipinski definition) is 4. The van der Waals surface area contributed by atoms with Crippen LogP contribution in [0.5, 0.6) is 0 Å². The molecule has 2 fully saturated rings. The Labute approximate surface area is 161 Å². The lowest BCUT2D eigenvalue weighted by atomic mass is 9.87. The number of ether oxygens (including phenoxy) is 1. The van der Waals surface area contributed by atoms with Crippen LogP contribution >= 0.6 is 0 Å². The molecule has 6 heteroatoms. The first-order valence-corrected chi connectivity index (χ1v) is 9.84. The summed E-state index contributed by atoms with van der Waals surface area (Å²) >= 11 is 0. The third-order valence-electron chi connectivity index (χ3n) is 5.65. The van der Waals surface area contributed by atoms with E-state index in [1.807, 2.05) is 30.3 Å². The van der Waals surface area contributed by atoms with Gasteiger partial charge in [0.25, 0.3) is 0 Å². The van der Waals surface area contributed by atoms with Crippen LogP contribution in [0.25, 0.3) is 0 Å². The average molecular weight is 374 g/mol. The molecule has 1 amide bonds. The number of carboxylic acid groups (broad SMARTS) is 1. The van der Waals surface area contributed by atoms with E-state index in [1.165, 1.54) is 6.42 Å². The maximum Gasteiger partial charge on any atom is 0.410 e. The Balaban J connectivity index is 1.65. The zero-order valence-corrected chi connectivity index (χ0v) is 16.2. The van der Waals surface area contributed by atoms with Gasteiger partial charge in [0.15, 0.2) is 0 Å². The summed E-state index contributed by atoms with van der Waals surface area (Å²) < 4.78 is 5.45. The van der Waals surface area contributed by atoms with Crippen molar-refractivity contribution in [2.24, 2.45) is 17.8 Å². The first kappa shape index (κ1) is 19.7. The van der Waals surface area contributed by atoms with Gasteiger partial charge in [-0.2, -0.15) is 0 Å². The molecule has 0 spiro atoms. The number of aliphatic carboxylic acids is 1. The molecule has 0 saturated carbocycles. The van der Waals surface area contributed by atoms with Crippen molar-refractivity contribution in [1.82, 2.24) is 9.80 Å². The molecule has 3 rings (SSSR count). The first-order valence-electron chi connectivity index (χ1n) is 9.84. The van der Waals surface area contributed by atoms with E-state index in [9.17, 15) is 14.7 Å². The second-order valence-corrected chi connectivity index (χ2v) is 8.27. The van der Waals surface area contributed by atoms with Crippen LogP contribution in [0.15, 0.2) is 30.3 Å². The lowest BCUT2D eigenvalue weighted by Gasteiger charge is -2.45. The SMILES string of the molecule is C[C@@H]1C[C@H](C)CN([C@@H]2C[C@H](C(=O)O)CN(C(=O)OCc3ccccc3)C2)C1. The summed E-state index contributed by atoms with van der Waals surface area (Å²) in [5.41, 5.74) is 0.924. The fraction of sp³-hybridized carbons (Fsp3) is 0.619. The maximum atomic E-state index is 12.6. The third kappa shape index (κ3) is 5.22. The van der Waals surface area contributed by atoms with Crippen molar-refractivity contribution in [3.05, 3.63) is 35.9 Å². The number of hydrogen-bond donors (Lipinski definition) is 1. The van der Waals surface area contributed by atoms with E-state index in [-0.39, 0.29) is 19.2 Å². The van der Waals surface area contributed by atoms with Crippen molar-refractivity contribution in [3.8, 4) is 0 Å². The number of carbonyl (C=O) groups excluding carboxylic acids is 1. The van der Waals surface area contributed by atoms with Gasteiger partial charge in [0.1, 0.15) is 6.61 Å². The normalized spacial score (nSPS) is 29.3. The highest BCUT2D eigenvalue weighted by Crippen LogP contribution is 2.28. The van der Waals surface area contributed by atoms with Gasteiger partial charge in [0.05, 0.1) is 5.92 Å². The molecule has 0 bridgehead atoms. The number of rotatable bonds is 4. The topological polar surface area (TPSA) is 70.1 Å². The number of benzene rings is 1. The van der Waals surface area contributed by atoms with E-state index in [4.69, 9.17) is 4.74 Å². The largest absolute Gasteiger partial charge is 0.481 e. The lowest BCUT2D eigenvalue weighted by molar-refractivity contribution is -0.144. The molecule has 4 atom stereocenters. The first-order chi connectivity index (χ1) is 12.9. The molecule has 0 radical (unpaired) electrons. The molecule has 0 aliphatic carbocycles. The Kier molecular flexibility index (Phi) is 6.37. The van der Waals surface area contributed by atoms with Gasteiger partial charge in [-0.3, -0.25) is 9.69 Å². The summed E-state index contributed by atoms with van der Waals surface area (Å²) in [5.74, 6) is -0.186. The van der Waals surface area contributed by atoms with Crippen molar-refractivity contribution < 1.29 is 19.4 Å². The van der Waals surface area contributed by atoms with Crippen LogP contribution in [-0.4, -0.2) is 59.2 Å². The predicted molar refractivity (Wildman–Crippen MR) is 102 cm³/mol. The van der Waals surface area contributed by atoms with Crippen molar-refractivity contribution in [2.45, 2.75) is 39.3 Å². The minimum Gasteiger partial charge on any atom is -0.481 e. The van der Waals surface area contributed by atoms with Gasteiger partial charge in [-0.15, -0.1) is 0 Å². The number of carboxylic acids is 1. The second-order valence-electron chi connectivity index (χ2n) is 8.27. The molecule has 1 N–H and O–H groups in total. The summed E-state index contributed by atoms with van der Waals surface area (Å²) in [5, 5.41) is 9.57. The van der Waals surface area contributed by atoms with E-state index in [1.54, 1.807) is 4.90 Å².